The van der Waals surface area contributed by atoms with Gasteiger partial charge in [0.25, 0.3) is 0 Å². The number of rotatable bonds is 6. The zero-order valence-electron chi connectivity index (χ0n) is 17.2. The number of pyridine rings is 1. The molecule has 2 aromatic carbocycles. The van der Waals surface area contributed by atoms with E-state index < -0.39 is 0 Å². The first-order valence-electron chi connectivity index (χ1n) is 9.80. The molecule has 1 N–H and O–H groups in total. The van der Waals surface area contributed by atoms with E-state index in [2.05, 4.69) is 32.3 Å². The molecule has 2 aliphatic heterocycles. The number of H-pyrrole nitrogens is 1. The van der Waals surface area contributed by atoms with E-state index >= 15 is 0 Å². The number of halogens is 1. The van der Waals surface area contributed by atoms with Crippen LogP contribution >= 0.6 is 12.4 Å². The minimum atomic E-state index is -0.0456. The van der Waals surface area contributed by atoms with Crippen molar-refractivity contribution in [3.63, 3.8) is 0 Å². The van der Waals surface area contributed by atoms with Crippen molar-refractivity contribution in [1.29, 1.82) is 0 Å². The molecular weight excluding hydrogens is 426 g/mol. The smallest absolute Gasteiger partial charge is 0.200 e. The summed E-state index contributed by atoms with van der Waals surface area (Å²) in [6, 6.07) is 19.6. The van der Waals surface area contributed by atoms with E-state index in [-0.39, 0.29) is 24.7 Å². The largest absolute Gasteiger partial charge is 0.497 e. The lowest BCUT2D eigenvalue weighted by Crippen LogP contribution is -2.11. The van der Waals surface area contributed by atoms with Crippen molar-refractivity contribution in [1.82, 2.24) is 24.7 Å². The van der Waals surface area contributed by atoms with Crippen molar-refractivity contribution in [2.24, 2.45) is 0 Å². The molecule has 0 fully saturated rings. The van der Waals surface area contributed by atoms with E-state index in [1.54, 1.807) is 23.9 Å². The second-order valence-corrected chi connectivity index (χ2v) is 7.13. The van der Waals surface area contributed by atoms with Crippen LogP contribution in [0.25, 0.3) is 33.9 Å². The summed E-state index contributed by atoms with van der Waals surface area (Å²) in [6.07, 6.45) is 5.24. The lowest BCUT2D eigenvalue weighted by molar-refractivity contribution is 0.0967. The van der Waals surface area contributed by atoms with E-state index in [1.807, 2.05) is 54.9 Å². The SMILES string of the molecule is COc1ccc(-c2ccc(-c3nc4ccn(CC(=O)c5ccn[nH]5)cc-4n3)cc2)cc1.Cl. The Labute approximate surface area is 190 Å². The Balaban J connectivity index is 0.00000245. The van der Waals surface area contributed by atoms with Crippen molar-refractivity contribution in [3.8, 4) is 39.7 Å². The van der Waals surface area contributed by atoms with Crippen LogP contribution in [0.15, 0.2) is 79.3 Å². The van der Waals surface area contributed by atoms with Crippen LogP contribution in [0.5, 0.6) is 5.75 Å². The first-order valence-corrected chi connectivity index (χ1v) is 9.80. The Morgan fingerprint density at radius 1 is 0.906 bits per heavy atom. The fourth-order valence-electron chi connectivity index (χ4n) is 3.44. The van der Waals surface area contributed by atoms with Gasteiger partial charge in [-0.2, -0.15) is 5.10 Å². The normalized spacial score (nSPS) is 10.7. The fraction of sp³-hybridized carbons (Fsp3) is 0.0833. The number of fused-ring (bicyclic) bond motifs is 1. The molecule has 1 aromatic heterocycles. The minimum absolute atomic E-state index is 0. The van der Waals surface area contributed by atoms with E-state index in [1.165, 1.54) is 0 Å². The van der Waals surface area contributed by atoms with Crippen LogP contribution in [0.3, 0.4) is 0 Å². The van der Waals surface area contributed by atoms with Gasteiger partial charge in [0.05, 0.1) is 19.3 Å². The molecule has 5 rings (SSSR count). The summed E-state index contributed by atoms with van der Waals surface area (Å²) < 4.78 is 7.02. The molecule has 0 unspecified atom stereocenters. The Bertz CT molecular complexity index is 1300. The molecule has 0 amide bonds. The van der Waals surface area contributed by atoms with Crippen molar-refractivity contribution >= 4 is 18.2 Å². The molecule has 0 spiro atoms. The van der Waals surface area contributed by atoms with E-state index in [0.717, 1.165) is 33.8 Å². The molecule has 3 aromatic rings. The maximum absolute atomic E-state index is 12.3. The summed E-state index contributed by atoms with van der Waals surface area (Å²) in [6.45, 7) is 0.205. The van der Waals surface area contributed by atoms with Gasteiger partial charge in [0.1, 0.15) is 17.1 Å². The number of nitrogens with one attached hydrogen (secondary N) is 1. The second kappa shape index (κ2) is 9.03. The molecule has 7 nitrogen and oxygen atoms in total. The van der Waals surface area contributed by atoms with Gasteiger partial charge in [0.2, 0.25) is 0 Å². The van der Waals surface area contributed by atoms with Crippen LogP contribution in [-0.4, -0.2) is 37.6 Å². The molecule has 32 heavy (non-hydrogen) atoms. The van der Waals surface area contributed by atoms with Gasteiger partial charge in [0.15, 0.2) is 11.6 Å². The van der Waals surface area contributed by atoms with Gasteiger partial charge in [-0.15, -0.1) is 12.4 Å². The van der Waals surface area contributed by atoms with Crippen LogP contribution in [0.4, 0.5) is 0 Å². The average molecular weight is 446 g/mol. The Kier molecular flexibility index (Phi) is 6.00. The molecule has 3 heterocycles. The summed E-state index contributed by atoms with van der Waals surface area (Å²) in [5.41, 5.74) is 5.18. The highest BCUT2D eigenvalue weighted by atomic mass is 35.5. The van der Waals surface area contributed by atoms with Crippen molar-refractivity contribution < 1.29 is 9.53 Å². The number of carbonyl (C=O) groups excluding carboxylic acids is 1. The number of hydrogen-bond donors (Lipinski definition) is 1. The van der Waals surface area contributed by atoms with E-state index in [0.29, 0.717) is 11.5 Å². The van der Waals surface area contributed by atoms with Gasteiger partial charge < -0.3 is 9.30 Å². The first kappa shape index (κ1) is 21.3. The lowest BCUT2D eigenvalue weighted by Gasteiger charge is -2.06. The topological polar surface area (TPSA) is 85.7 Å². The highest BCUT2D eigenvalue weighted by molar-refractivity contribution is 5.93. The van der Waals surface area contributed by atoms with E-state index in [4.69, 9.17) is 4.74 Å². The van der Waals surface area contributed by atoms with Gasteiger partial charge in [-0.05, 0) is 35.4 Å². The fourth-order valence-corrected chi connectivity index (χ4v) is 3.44. The zero-order valence-corrected chi connectivity index (χ0v) is 18.0. The highest BCUT2D eigenvalue weighted by Gasteiger charge is 2.14. The number of aromatic amines is 1. The Morgan fingerprint density at radius 3 is 2.22 bits per heavy atom. The van der Waals surface area contributed by atoms with E-state index in [9.17, 15) is 4.79 Å². The molecule has 0 atom stereocenters. The van der Waals surface area contributed by atoms with Crippen molar-refractivity contribution in [2.75, 3.05) is 7.11 Å². The number of benzene rings is 2. The number of methoxy groups -OCH3 is 1. The number of aromatic nitrogens is 5. The summed E-state index contributed by atoms with van der Waals surface area (Å²) in [5.74, 6) is 1.45. The van der Waals surface area contributed by atoms with Gasteiger partial charge in [0, 0.05) is 24.2 Å². The minimum Gasteiger partial charge on any atom is -0.497 e. The predicted molar refractivity (Wildman–Crippen MR) is 124 cm³/mol. The molecule has 0 aliphatic carbocycles. The average Bonchev–Trinajstić information content (AvgIpc) is 3.49. The number of nitrogens with zero attached hydrogens (tertiary/aromatic N) is 4. The predicted octanol–water partition coefficient (Wildman–Crippen LogP) is 4.75. The van der Waals surface area contributed by atoms with Crippen molar-refractivity contribution in [2.45, 2.75) is 6.54 Å². The molecule has 2 aliphatic rings. The Hall–Kier alpha value is -3.97. The number of ketones is 1. The number of carbonyl (C=O) groups is 1. The third-order valence-corrected chi connectivity index (χ3v) is 5.12. The molecule has 8 heteroatoms. The van der Waals surface area contributed by atoms with Crippen LogP contribution in [0.2, 0.25) is 0 Å². The van der Waals surface area contributed by atoms with Gasteiger partial charge >= 0.3 is 0 Å². The summed E-state index contributed by atoms with van der Waals surface area (Å²) in [5, 5.41) is 6.52. The van der Waals surface area contributed by atoms with Gasteiger partial charge in [-0.1, -0.05) is 36.4 Å². The number of Topliss-reactive ketones (excluding diaryl/α,β-unsaturated/α-hetero) is 1. The molecule has 160 valence electrons. The highest BCUT2D eigenvalue weighted by Crippen LogP contribution is 2.28. The van der Waals surface area contributed by atoms with Gasteiger partial charge in [-0.3, -0.25) is 9.89 Å². The van der Waals surface area contributed by atoms with Crippen LogP contribution in [-0.2, 0) is 6.54 Å². The number of hydrogen-bond acceptors (Lipinski definition) is 5. The van der Waals surface area contributed by atoms with Crippen molar-refractivity contribution in [3.05, 3.63) is 84.9 Å². The van der Waals surface area contributed by atoms with Crippen LogP contribution in [0, 0.1) is 0 Å². The monoisotopic (exact) mass is 445 g/mol. The number of imidazole rings is 1. The lowest BCUT2D eigenvalue weighted by atomic mass is 10.0. The standard InChI is InChI=1S/C24H19N5O2.ClH/c1-31-19-8-6-17(7-9-19)16-2-4-18(5-3-16)24-26-20-11-13-29(14-22(20)27-24)15-23(30)21-10-12-25-28-21;/h2-14H,15H2,1H3,(H,25,28);1H. The quantitative estimate of drug-likeness (QED) is 0.381. The van der Waals surface area contributed by atoms with Crippen LogP contribution in [0.1, 0.15) is 10.5 Å². The summed E-state index contributed by atoms with van der Waals surface area (Å²) >= 11 is 0. The number of ether oxygens (including phenoxy) is 1. The Morgan fingerprint density at radius 2 is 1.56 bits per heavy atom. The maximum atomic E-state index is 12.3. The molecule has 0 bridgehead atoms. The molecular formula is C24H20ClN5O2. The van der Waals surface area contributed by atoms with Crippen LogP contribution < -0.4 is 4.74 Å². The molecule has 0 saturated carbocycles. The molecule has 0 radical (unpaired) electrons. The molecule has 0 saturated heterocycles. The summed E-state index contributed by atoms with van der Waals surface area (Å²) in [7, 11) is 1.66. The third-order valence-electron chi connectivity index (χ3n) is 5.12. The van der Waals surface area contributed by atoms with Gasteiger partial charge in [-0.25, -0.2) is 9.97 Å². The zero-order chi connectivity index (χ0) is 21.2. The third kappa shape index (κ3) is 4.24. The first-order chi connectivity index (χ1) is 15.2. The second-order valence-electron chi connectivity index (χ2n) is 7.13. The summed E-state index contributed by atoms with van der Waals surface area (Å²) in [4.78, 5) is 21.6. The maximum Gasteiger partial charge on any atom is 0.200 e.